The Kier molecular flexibility index (Phi) is 4.00. The molecule has 0 aromatic carbocycles. The Hall–Kier alpha value is -2.11. The van der Waals surface area contributed by atoms with Crippen molar-refractivity contribution in [3.63, 3.8) is 0 Å². The Bertz CT molecular complexity index is 579. The van der Waals surface area contributed by atoms with Crippen LogP contribution >= 0.6 is 0 Å². The number of nitrogens with zero attached hydrogens (tertiary/aromatic N) is 3. The van der Waals surface area contributed by atoms with Crippen molar-refractivity contribution < 1.29 is 14.3 Å². The second kappa shape index (κ2) is 5.94. The highest BCUT2D eigenvalue weighted by atomic mass is 16.5. The third-order valence-corrected chi connectivity index (χ3v) is 4.27. The number of likely N-dealkylation sites (N-methyl/N-ethyl adjacent to an activating group) is 1. The van der Waals surface area contributed by atoms with E-state index in [-0.39, 0.29) is 18.7 Å². The number of allylic oxidation sites excluding steroid dienone is 1. The standard InChI is InChI=1S/C16H21N3O3/c1-3-22-16(21)12-9-17-14-8-13-11(10-19(14)15(12)20)6-4-5-7-18(13)2/h8-10,12,14H,3-7H2,1-2H3/t12-,14+/m1/s1. The molecule has 3 rings (SSSR count). The maximum absolute atomic E-state index is 12.6. The van der Waals surface area contributed by atoms with Crippen LogP contribution in [0.1, 0.15) is 26.2 Å². The van der Waals surface area contributed by atoms with E-state index < -0.39 is 11.9 Å². The maximum atomic E-state index is 12.6. The molecule has 0 saturated carbocycles. The fourth-order valence-corrected chi connectivity index (χ4v) is 3.09. The van der Waals surface area contributed by atoms with Gasteiger partial charge in [0.25, 0.3) is 0 Å². The van der Waals surface area contributed by atoms with Crippen molar-refractivity contribution in [1.29, 1.82) is 0 Å². The minimum absolute atomic E-state index is 0.256. The molecular weight excluding hydrogens is 282 g/mol. The number of aliphatic imine (C=N–C) groups is 1. The van der Waals surface area contributed by atoms with E-state index >= 15 is 0 Å². The van der Waals surface area contributed by atoms with E-state index in [1.807, 2.05) is 12.3 Å². The number of carbonyl (C=O) groups is 2. The summed E-state index contributed by atoms with van der Waals surface area (Å²) in [5.74, 6) is -1.71. The number of esters is 1. The van der Waals surface area contributed by atoms with Gasteiger partial charge in [-0.1, -0.05) is 0 Å². The van der Waals surface area contributed by atoms with Crippen LogP contribution in [0.15, 0.2) is 28.5 Å². The largest absolute Gasteiger partial charge is 0.465 e. The van der Waals surface area contributed by atoms with Gasteiger partial charge in [-0.25, -0.2) is 0 Å². The fraction of sp³-hybridized carbons (Fsp3) is 0.562. The topological polar surface area (TPSA) is 62.2 Å². The van der Waals surface area contributed by atoms with Crippen LogP contribution in [0.25, 0.3) is 0 Å². The molecule has 3 heterocycles. The molecule has 0 bridgehead atoms. The summed E-state index contributed by atoms with van der Waals surface area (Å²) in [7, 11) is 2.07. The number of ether oxygens (including phenoxy) is 1. The van der Waals surface area contributed by atoms with Crippen molar-refractivity contribution in [1.82, 2.24) is 9.80 Å². The number of carbonyl (C=O) groups excluding carboxylic acids is 2. The molecule has 6 nitrogen and oxygen atoms in total. The first-order valence-electron chi connectivity index (χ1n) is 7.78. The Morgan fingerprint density at radius 2 is 2.27 bits per heavy atom. The summed E-state index contributed by atoms with van der Waals surface area (Å²) in [6, 6.07) is 0. The maximum Gasteiger partial charge on any atom is 0.324 e. The second-order valence-corrected chi connectivity index (χ2v) is 5.77. The normalized spacial score (nSPS) is 27.5. The van der Waals surface area contributed by atoms with Crippen LogP contribution in [0.3, 0.4) is 0 Å². The van der Waals surface area contributed by atoms with Crippen molar-refractivity contribution in [2.45, 2.75) is 32.4 Å². The van der Waals surface area contributed by atoms with Gasteiger partial charge in [0.1, 0.15) is 6.17 Å². The Labute approximate surface area is 130 Å². The van der Waals surface area contributed by atoms with Gasteiger partial charge in [-0.05, 0) is 37.8 Å². The summed E-state index contributed by atoms with van der Waals surface area (Å²) in [6.45, 7) is 3.00. The number of amides is 1. The first kappa shape index (κ1) is 14.8. The van der Waals surface area contributed by atoms with E-state index in [4.69, 9.17) is 4.74 Å². The van der Waals surface area contributed by atoms with Crippen molar-refractivity contribution in [2.24, 2.45) is 10.9 Å². The van der Waals surface area contributed by atoms with Gasteiger partial charge in [0, 0.05) is 31.7 Å². The van der Waals surface area contributed by atoms with Gasteiger partial charge in [0.05, 0.1) is 6.61 Å². The molecule has 0 spiro atoms. The zero-order chi connectivity index (χ0) is 15.7. The van der Waals surface area contributed by atoms with E-state index in [0.717, 1.165) is 37.1 Å². The lowest BCUT2D eigenvalue weighted by Gasteiger charge is -2.36. The highest BCUT2D eigenvalue weighted by Crippen LogP contribution is 2.32. The lowest BCUT2D eigenvalue weighted by molar-refractivity contribution is -0.152. The van der Waals surface area contributed by atoms with Gasteiger partial charge < -0.3 is 9.64 Å². The second-order valence-electron chi connectivity index (χ2n) is 5.77. The molecule has 0 aromatic rings. The molecule has 1 amide bonds. The summed E-state index contributed by atoms with van der Waals surface area (Å²) in [5, 5.41) is 0. The van der Waals surface area contributed by atoms with Gasteiger partial charge in [-0.15, -0.1) is 0 Å². The number of hydrogen-bond donors (Lipinski definition) is 0. The van der Waals surface area contributed by atoms with Crippen molar-refractivity contribution in [3.8, 4) is 0 Å². The van der Waals surface area contributed by atoms with Crippen LogP contribution in [-0.2, 0) is 14.3 Å². The number of hydrogen-bond acceptors (Lipinski definition) is 5. The Morgan fingerprint density at radius 3 is 3.05 bits per heavy atom. The van der Waals surface area contributed by atoms with Crippen LogP contribution in [0.2, 0.25) is 0 Å². The smallest absolute Gasteiger partial charge is 0.324 e. The van der Waals surface area contributed by atoms with Crippen molar-refractivity contribution in [3.05, 3.63) is 23.5 Å². The quantitative estimate of drug-likeness (QED) is 0.570. The molecule has 1 fully saturated rings. The van der Waals surface area contributed by atoms with E-state index in [1.54, 1.807) is 11.8 Å². The SMILES string of the molecule is CCOC(=O)[C@@H]1C=N[C@@H]2C=C3C(=CN2C1=O)CCCCN3C. The first-order chi connectivity index (χ1) is 10.6. The van der Waals surface area contributed by atoms with Crippen molar-refractivity contribution in [2.75, 3.05) is 20.2 Å². The molecular formula is C16H21N3O3. The molecule has 0 aromatic heterocycles. The molecule has 0 N–H and O–H groups in total. The van der Waals surface area contributed by atoms with Gasteiger partial charge in [-0.3, -0.25) is 19.5 Å². The Morgan fingerprint density at radius 1 is 1.45 bits per heavy atom. The van der Waals surface area contributed by atoms with Gasteiger partial charge >= 0.3 is 5.97 Å². The molecule has 6 heteroatoms. The lowest BCUT2D eigenvalue weighted by atomic mass is 10.0. The summed E-state index contributed by atoms with van der Waals surface area (Å²) in [5.41, 5.74) is 2.29. The molecule has 2 atom stereocenters. The minimum Gasteiger partial charge on any atom is -0.465 e. The van der Waals surface area contributed by atoms with E-state index in [1.165, 1.54) is 6.21 Å². The van der Waals surface area contributed by atoms with Crippen LogP contribution in [0.4, 0.5) is 0 Å². The van der Waals surface area contributed by atoms with Crippen LogP contribution in [0, 0.1) is 5.92 Å². The van der Waals surface area contributed by atoms with Crippen LogP contribution in [0.5, 0.6) is 0 Å². The molecule has 3 aliphatic rings. The lowest BCUT2D eigenvalue weighted by Crippen LogP contribution is -2.47. The average molecular weight is 303 g/mol. The van der Waals surface area contributed by atoms with Gasteiger partial charge in [0.2, 0.25) is 5.91 Å². The summed E-state index contributed by atoms with van der Waals surface area (Å²) < 4.78 is 4.95. The highest BCUT2D eigenvalue weighted by Gasteiger charge is 2.38. The summed E-state index contributed by atoms with van der Waals surface area (Å²) in [6.07, 6.45) is 8.14. The monoisotopic (exact) mass is 303 g/mol. The minimum atomic E-state index is -0.925. The van der Waals surface area contributed by atoms with E-state index in [2.05, 4.69) is 16.9 Å². The van der Waals surface area contributed by atoms with Crippen molar-refractivity contribution >= 4 is 18.1 Å². The molecule has 22 heavy (non-hydrogen) atoms. The third-order valence-electron chi connectivity index (χ3n) is 4.27. The molecule has 0 aliphatic carbocycles. The molecule has 0 unspecified atom stereocenters. The average Bonchev–Trinajstić information content (AvgIpc) is 2.68. The van der Waals surface area contributed by atoms with Crippen LogP contribution < -0.4 is 0 Å². The zero-order valence-electron chi connectivity index (χ0n) is 13.0. The summed E-state index contributed by atoms with van der Waals surface area (Å²) in [4.78, 5) is 32.6. The first-order valence-corrected chi connectivity index (χ1v) is 7.78. The predicted octanol–water partition coefficient (Wildman–Crippen LogP) is 1.30. The molecule has 0 radical (unpaired) electrons. The molecule has 3 aliphatic heterocycles. The number of rotatable bonds is 2. The molecule has 118 valence electrons. The third kappa shape index (κ3) is 2.53. The van der Waals surface area contributed by atoms with Crippen LogP contribution in [-0.4, -0.2) is 54.3 Å². The van der Waals surface area contributed by atoms with E-state index in [9.17, 15) is 9.59 Å². The summed E-state index contributed by atoms with van der Waals surface area (Å²) >= 11 is 0. The number of likely N-dealkylation sites (tertiary alicyclic amines) is 1. The van der Waals surface area contributed by atoms with Gasteiger partial charge in [-0.2, -0.15) is 0 Å². The van der Waals surface area contributed by atoms with Gasteiger partial charge in [0.15, 0.2) is 5.92 Å². The number of fused-ring (bicyclic) bond motifs is 2. The Balaban J connectivity index is 1.89. The highest BCUT2D eigenvalue weighted by molar-refractivity contribution is 6.12. The fourth-order valence-electron chi connectivity index (χ4n) is 3.09. The molecule has 1 saturated heterocycles. The zero-order valence-corrected chi connectivity index (χ0v) is 13.0. The van der Waals surface area contributed by atoms with E-state index in [0.29, 0.717) is 0 Å². The predicted molar refractivity (Wildman–Crippen MR) is 81.9 cm³/mol.